The molecule has 1 aromatic heterocycles. The molecule has 1 atom stereocenters. The summed E-state index contributed by atoms with van der Waals surface area (Å²) < 4.78 is 7.28. The number of carboxylic acids is 1. The van der Waals surface area contributed by atoms with E-state index in [0.29, 0.717) is 19.4 Å². The number of carbonyl (C=O) groups is 1. The van der Waals surface area contributed by atoms with Crippen LogP contribution < -0.4 is 4.74 Å². The first-order valence-electron chi connectivity index (χ1n) is 7.02. The number of aryl methyl sites for hydroxylation is 2. The van der Waals surface area contributed by atoms with Gasteiger partial charge in [0.2, 0.25) is 0 Å². The van der Waals surface area contributed by atoms with Crippen LogP contribution >= 0.6 is 0 Å². The van der Waals surface area contributed by atoms with Crippen LogP contribution in [-0.4, -0.2) is 27.7 Å². The number of benzene rings is 1. The molecule has 110 valence electrons. The van der Waals surface area contributed by atoms with Gasteiger partial charge in [-0.1, -0.05) is 0 Å². The molecule has 21 heavy (non-hydrogen) atoms. The first kappa shape index (κ1) is 13.7. The number of rotatable bonds is 3. The van der Waals surface area contributed by atoms with Gasteiger partial charge in [0, 0.05) is 24.7 Å². The molecular formula is C16H18N2O3. The maximum Gasteiger partial charge on any atom is 0.307 e. The molecule has 5 nitrogen and oxygen atoms in total. The minimum Gasteiger partial charge on any atom is -0.497 e. The number of imidazole rings is 1. The van der Waals surface area contributed by atoms with E-state index in [1.807, 2.05) is 31.3 Å². The molecule has 1 N–H and O–H groups in total. The van der Waals surface area contributed by atoms with E-state index in [1.165, 1.54) is 0 Å². The molecule has 0 radical (unpaired) electrons. The van der Waals surface area contributed by atoms with Crippen LogP contribution in [0.3, 0.4) is 0 Å². The van der Waals surface area contributed by atoms with Crippen LogP contribution in [0.25, 0.3) is 11.3 Å². The largest absolute Gasteiger partial charge is 0.497 e. The van der Waals surface area contributed by atoms with Crippen molar-refractivity contribution in [3.63, 3.8) is 0 Å². The van der Waals surface area contributed by atoms with Gasteiger partial charge in [0.05, 0.1) is 18.7 Å². The second kappa shape index (κ2) is 5.24. The average molecular weight is 286 g/mol. The molecule has 0 fully saturated rings. The maximum absolute atomic E-state index is 11.1. The highest BCUT2D eigenvalue weighted by Crippen LogP contribution is 2.29. The predicted octanol–water partition coefficient (Wildman–Crippen LogP) is 2.51. The maximum atomic E-state index is 11.1. The quantitative estimate of drug-likeness (QED) is 0.941. The van der Waals surface area contributed by atoms with Crippen molar-refractivity contribution in [1.82, 2.24) is 9.55 Å². The fraction of sp³-hybridized carbons (Fsp3) is 0.375. The first-order chi connectivity index (χ1) is 10.1. The third-order valence-corrected chi connectivity index (χ3v) is 4.07. The van der Waals surface area contributed by atoms with Crippen LogP contribution in [0.1, 0.15) is 17.8 Å². The van der Waals surface area contributed by atoms with E-state index in [9.17, 15) is 4.79 Å². The van der Waals surface area contributed by atoms with Gasteiger partial charge in [-0.25, -0.2) is 4.98 Å². The van der Waals surface area contributed by atoms with E-state index in [0.717, 1.165) is 28.4 Å². The molecule has 1 aliphatic heterocycles. The minimum absolute atomic E-state index is 0.315. The van der Waals surface area contributed by atoms with Crippen LogP contribution in [-0.2, 0) is 17.8 Å². The van der Waals surface area contributed by atoms with Crippen molar-refractivity contribution in [2.75, 3.05) is 7.11 Å². The second-order valence-electron chi connectivity index (χ2n) is 5.44. The van der Waals surface area contributed by atoms with Crippen LogP contribution in [0.4, 0.5) is 0 Å². The van der Waals surface area contributed by atoms with Crippen molar-refractivity contribution in [2.24, 2.45) is 5.92 Å². The summed E-state index contributed by atoms with van der Waals surface area (Å²) in [6.07, 6.45) is 3.19. The Morgan fingerprint density at radius 3 is 2.95 bits per heavy atom. The van der Waals surface area contributed by atoms with Crippen molar-refractivity contribution in [3.05, 3.63) is 35.8 Å². The molecule has 2 heterocycles. The number of aliphatic carboxylic acids is 1. The van der Waals surface area contributed by atoms with Gasteiger partial charge < -0.3 is 14.4 Å². The summed E-state index contributed by atoms with van der Waals surface area (Å²) in [5, 5.41) is 9.14. The normalized spacial score (nSPS) is 17.3. The zero-order valence-electron chi connectivity index (χ0n) is 12.2. The SMILES string of the molecule is COc1ccc(-c2cn3c(n2)CC(C(=O)O)CC3)c(C)c1. The zero-order chi connectivity index (χ0) is 15.0. The number of methoxy groups -OCH3 is 1. The number of hydrogen-bond acceptors (Lipinski definition) is 3. The Bertz CT molecular complexity index is 691. The van der Waals surface area contributed by atoms with E-state index in [2.05, 4.69) is 9.55 Å². The molecule has 1 aromatic carbocycles. The molecule has 5 heteroatoms. The third kappa shape index (κ3) is 2.51. The average Bonchev–Trinajstić information content (AvgIpc) is 2.89. The van der Waals surface area contributed by atoms with E-state index in [4.69, 9.17) is 9.84 Å². The summed E-state index contributed by atoms with van der Waals surface area (Å²) in [5.41, 5.74) is 3.06. The predicted molar refractivity (Wildman–Crippen MR) is 78.4 cm³/mol. The van der Waals surface area contributed by atoms with Gasteiger partial charge >= 0.3 is 5.97 Å². The summed E-state index contributed by atoms with van der Waals surface area (Å²) in [5.74, 6) is 0.640. The van der Waals surface area contributed by atoms with Gasteiger partial charge in [-0.3, -0.25) is 4.79 Å². The smallest absolute Gasteiger partial charge is 0.307 e. The molecule has 0 spiro atoms. The van der Waals surface area contributed by atoms with Gasteiger partial charge in [0.15, 0.2) is 0 Å². The molecule has 0 saturated carbocycles. The topological polar surface area (TPSA) is 64.4 Å². The molecule has 0 saturated heterocycles. The Balaban J connectivity index is 1.93. The zero-order valence-corrected chi connectivity index (χ0v) is 12.2. The van der Waals surface area contributed by atoms with E-state index in [1.54, 1.807) is 7.11 Å². The van der Waals surface area contributed by atoms with Crippen LogP contribution in [0.5, 0.6) is 5.75 Å². The highest BCUT2D eigenvalue weighted by Gasteiger charge is 2.26. The molecule has 0 amide bonds. The van der Waals surface area contributed by atoms with Gasteiger partial charge in [0.25, 0.3) is 0 Å². The van der Waals surface area contributed by atoms with E-state index >= 15 is 0 Å². The summed E-state index contributed by atoms with van der Waals surface area (Å²) in [4.78, 5) is 15.7. The Morgan fingerprint density at radius 1 is 1.48 bits per heavy atom. The van der Waals surface area contributed by atoms with Crippen molar-refractivity contribution in [3.8, 4) is 17.0 Å². The Hall–Kier alpha value is -2.30. The number of ether oxygens (including phenoxy) is 1. The fourth-order valence-corrected chi connectivity index (χ4v) is 2.82. The molecule has 1 unspecified atom stereocenters. The lowest BCUT2D eigenvalue weighted by molar-refractivity contribution is -0.142. The monoisotopic (exact) mass is 286 g/mol. The van der Waals surface area contributed by atoms with Crippen LogP contribution in [0, 0.1) is 12.8 Å². The molecular weight excluding hydrogens is 268 g/mol. The molecule has 2 aromatic rings. The molecule has 0 aliphatic carbocycles. The fourth-order valence-electron chi connectivity index (χ4n) is 2.82. The summed E-state index contributed by atoms with van der Waals surface area (Å²) in [7, 11) is 1.65. The minimum atomic E-state index is -0.730. The van der Waals surface area contributed by atoms with E-state index < -0.39 is 5.97 Å². The lowest BCUT2D eigenvalue weighted by atomic mass is 9.98. The second-order valence-corrected chi connectivity index (χ2v) is 5.44. The van der Waals surface area contributed by atoms with Gasteiger partial charge in [-0.2, -0.15) is 0 Å². The highest BCUT2D eigenvalue weighted by molar-refractivity contribution is 5.70. The lowest BCUT2D eigenvalue weighted by Crippen LogP contribution is -2.25. The van der Waals surface area contributed by atoms with E-state index in [-0.39, 0.29) is 5.92 Å². The van der Waals surface area contributed by atoms with Crippen molar-refractivity contribution >= 4 is 5.97 Å². The van der Waals surface area contributed by atoms with Gasteiger partial charge in [-0.05, 0) is 37.1 Å². The lowest BCUT2D eigenvalue weighted by Gasteiger charge is -2.19. The summed E-state index contributed by atoms with van der Waals surface area (Å²) in [6, 6.07) is 5.89. The van der Waals surface area contributed by atoms with Crippen molar-refractivity contribution in [2.45, 2.75) is 26.3 Å². The Labute approximate surface area is 123 Å². The van der Waals surface area contributed by atoms with Gasteiger partial charge in [0.1, 0.15) is 11.6 Å². The number of carboxylic acid groups (broad SMARTS) is 1. The number of nitrogens with zero attached hydrogens (tertiary/aromatic N) is 2. The van der Waals surface area contributed by atoms with Crippen molar-refractivity contribution in [1.29, 1.82) is 0 Å². The molecule has 1 aliphatic rings. The highest BCUT2D eigenvalue weighted by atomic mass is 16.5. The number of fused-ring (bicyclic) bond motifs is 1. The Morgan fingerprint density at radius 2 is 2.29 bits per heavy atom. The number of hydrogen-bond donors (Lipinski definition) is 1. The van der Waals surface area contributed by atoms with Gasteiger partial charge in [-0.15, -0.1) is 0 Å². The summed E-state index contributed by atoms with van der Waals surface area (Å²) >= 11 is 0. The third-order valence-electron chi connectivity index (χ3n) is 4.07. The Kier molecular flexibility index (Phi) is 3.41. The molecule has 0 bridgehead atoms. The van der Waals surface area contributed by atoms with Crippen LogP contribution in [0.2, 0.25) is 0 Å². The first-order valence-corrected chi connectivity index (χ1v) is 7.02. The summed E-state index contributed by atoms with van der Waals surface area (Å²) in [6.45, 7) is 2.74. The standard InChI is InChI=1S/C16H18N2O3/c1-10-7-12(21-2)3-4-13(10)14-9-18-6-5-11(16(19)20)8-15(18)17-14/h3-4,7,9,11H,5-6,8H2,1-2H3,(H,19,20). The number of aromatic nitrogens is 2. The van der Waals surface area contributed by atoms with Crippen molar-refractivity contribution < 1.29 is 14.6 Å². The van der Waals surface area contributed by atoms with Crippen LogP contribution in [0.15, 0.2) is 24.4 Å². The molecule has 3 rings (SSSR count).